The zero-order valence-corrected chi connectivity index (χ0v) is 10.6. The Hall–Kier alpha value is -2.17. The van der Waals surface area contributed by atoms with Gasteiger partial charge in [-0.3, -0.25) is 4.79 Å². The second-order valence-corrected chi connectivity index (χ2v) is 4.24. The first-order valence-electron chi connectivity index (χ1n) is 5.82. The second kappa shape index (κ2) is 5.44. The number of H-pyrrole nitrogens is 1. The first-order chi connectivity index (χ1) is 8.66. The molecule has 5 heteroatoms. The summed E-state index contributed by atoms with van der Waals surface area (Å²) in [5.74, 6) is 0.807. The van der Waals surface area contributed by atoms with Crippen LogP contribution in [0, 0.1) is 0 Å². The van der Waals surface area contributed by atoms with Crippen molar-refractivity contribution in [2.45, 2.75) is 13.3 Å². The lowest BCUT2D eigenvalue weighted by Gasteiger charge is -2.15. The third kappa shape index (κ3) is 2.94. The Bertz CT molecular complexity index is 504. The number of nitrogens with zero attached hydrogens (tertiary/aromatic N) is 3. The minimum absolute atomic E-state index is 0.172. The lowest BCUT2D eigenvalue weighted by molar-refractivity contribution is -0.116. The van der Waals surface area contributed by atoms with Gasteiger partial charge in [0.15, 0.2) is 0 Å². The number of nitrogens with one attached hydrogen (secondary N) is 1. The molecule has 0 aromatic carbocycles. The molecule has 0 saturated heterocycles. The van der Waals surface area contributed by atoms with Crippen molar-refractivity contribution in [3.63, 3.8) is 0 Å². The van der Waals surface area contributed by atoms with E-state index in [1.807, 2.05) is 30.4 Å². The summed E-state index contributed by atoms with van der Waals surface area (Å²) < 4.78 is 0. The maximum Gasteiger partial charge on any atom is 0.225 e. The van der Waals surface area contributed by atoms with Crippen LogP contribution in [0.5, 0.6) is 0 Å². The summed E-state index contributed by atoms with van der Waals surface area (Å²) >= 11 is 0. The average molecular weight is 244 g/mol. The molecule has 0 amide bonds. The van der Waals surface area contributed by atoms with Crippen LogP contribution in [0.25, 0.3) is 11.1 Å². The fourth-order valence-electron chi connectivity index (χ4n) is 1.60. The molecule has 94 valence electrons. The first kappa shape index (κ1) is 12.3. The van der Waals surface area contributed by atoms with Gasteiger partial charge in [0, 0.05) is 55.9 Å². The highest BCUT2D eigenvalue weighted by Gasteiger charge is 2.06. The normalized spacial score (nSPS) is 10.3. The maximum absolute atomic E-state index is 10.9. The van der Waals surface area contributed by atoms with E-state index < -0.39 is 0 Å². The van der Waals surface area contributed by atoms with E-state index in [1.54, 1.807) is 19.3 Å². The number of Topliss-reactive ketones (excluding diaryl/α,β-unsaturated/α-hetero) is 1. The molecule has 18 heavy (non-hydrogen) atoms. The van der Waals surface area contributed by atoms with Crippen molar-refractivity contribution >= 4 is 11.7 Å². The van der Waals surface area contributed by atoms with Gasteiger partial charge >= 0.3 is 0 Å². The van der Waals surface area contributed by atoms with Crippen molar-refractivity contribution < 1.29 is 4.79 Å². The molecule has 2 heterocycles. The number of hydrogen-bond acceptors (Lipinski definition) is 4. The Morgan fingerprint density at radius 3 is 2.61 bits per heavy atom. The number of aromatic nitrogens is 3. The summed E-state index contributed by atoms with van der Waals surface area (Å²) in [7, 11) is 1.88. The zero-order valence-electron chi connectivity index (χ0n) is 10.6. The molecule has 0 unspecified atom stereocenters. The lowest BCUT2D eigenvalue weighted by Crippen LogP contribution is -2.22. The van der Waals surface area contributed by atoms with Gasteiger partial charge in [-0.15, -0.1) is 0 Å². The van der Waals surface area contributed by atoms with Crippen molar-refractivity contribution in [3.05, 3.63) is 30.9 Å². The topological polar surface area (TPSA) is 61.9 Å². The molecular weight excluding hydrogens is 228 g/mol. The molecule has 2 rings (SSSR count). The molecule has 0 bridgehead atoms. The fourth-order valence-corrected chi connectivity index (χ4v) is 1.60. The number of aromatic amines is 1. The summed E-state index contributed by atoms with van der Waals surface area (Å²) in [6.07, 6.45) is 7.85. The van der Waals surface area contributed by atoms with Gasteiger partial charge in [0.1, 0.15) is 5.78 Å². The third-order valence-electron chi connectivity index (χ3n) is 2.71. The van der Waals surface area contributed by atoms with Crippen molar-refractivity contribution in [2.24, 2.45) is 0 Å². The molecule has 0 aliphatic carbocycles. The number of anilines is 1. The highest BCUT2D eigenvalue weighted by Crippen LogP contribution is 2.17. The summed E-state index contributed by atoms with van der Waals surface area (Å²) in [6.45, 7) is 2.22. The van der Waals surface area contributed by atoms with Crippen LogP contribution in [-0.2, 0) is 4.79 Å². The van der Waals surface area contributed by atoms with Gasteiger partial charge in [0.05, 0.1) is 0 Å². The molecule has 0 radical (unpaired) electrons. The van der Waals surface area contributed by atoms with Gasteiger partial charge in [0.25, 0.3) is 0 Å². The Labute approximate surface area is 106 Å². The standard InChI is InChI=1S/C13H16N4O/c1-10(18)4-6-17(2)13-15-8-12(9-16-13)11-3-5-14-7-11/h3,5,7-9,14H,4,6H2,1-2H3. The number of carbonyl (C=O) groups excluding carboxylic acids is 1. The van der Waals surface area contributed by atoms with Crippen LogP contribution in [0.15, 0.2) is 30.9 Å². The highest BCUT2D eigenvalue weighted by molar-refractivity contribution is 5.76. The molecule has 0 spiro atoms. The van der Waals surface area contributed by atoms with E-state index in [2.05, 4.69) is 15.0 Å². The molecular formula is C13H16N4O. The molecule has 0 atom stereocenters. The van der Waals surface area contributed by atoms with Crippen LogP contribution in [0.1, 0.15) is 13.3 Å². The predicted molar refractivity (Wildman–Crippen MR) is 70.4 cm³/mol. The van der Waals surface area contributed by atoms with E-state index in [0.29, 0.717) is 18.9 Å². The Morgan fingerprint density at radius 2 is 2.06 bits per heavy atom. The number of hydrogen-bond donors (Lipinski definition) is 1. The van der Waals surface area contributed by atoms with Crippen molar-refractivity contribution in [3.8, 4) is 11.1 Å². The minimum Gasteiger partial charge on any atom is -0.367 e. The van der Waals surface area contributed by atoms with Gasteiger partial charge in [-0.1, -0.05) is 0 Å². The number of ketones is 1. The van der Waals surface area contributed by atoms with Gasteiger partial charge in [-0.25, -0.2) is 9.97 Å². The highest BCUT2D eigenvalue weighted by atomic mass is 16.1. The molecule has 0 fully saturated rings. The zero-order chi connectivity index (χ0) is 13.0. The van der Waals surface area contributed by atoms with Crippen LogP contribution >= 0.6 is 0 Å². The van der Waals surface area contributed by atoms with Gasteiger partial charge in [-0.2, -0.15) is 0 Å². The van der Waals surface area contributed by atoms with Crippen LogP contribution in [-0.4, -0.2) is 34.3 Å². The second-order valence-electron chi connectivity index (χ2n) is 4.24. The molecule has 5 nitrogen and oxygen atoms in total. The van der Waals surface area contributed by atoms with Crippen molar-refractivity contribution in [1.82, 2.24) is 15.0 Å². The van der Waals surface area contributed by atoms with E-state index in [4.69, 9.17) is 0 Å². The monoisotopic (exact) mass is 244 g/mol. The van der Waals surface area contributed by atoms with Crippen LogP contribution in [0.4, 0.5) is 5.95 Å². The van der Waals surface area contributed by atoms with Crippen molar-refractivity contribution in [2.75, 3.05) is 18.5 Å². The Kier molecular flexibility index (Phi) is 3.72. The van der Waals surface area contributed by atoms with Crippen LogP contribution in [0.3, 0.4) is 0 Å². The smallest absolute Gasteiger partial charge is 0.225 e. The Morgan fingerprint density at radius 1 is 1.33 bits per heavy atom. The van der Waals surface area contributed by atoms with Gasteiger partial charge in [0.2, 0.25) is 5.95 Å². The van der Waals surface area contributed by atoms with Gasteiger partial charge < -0.3 is 9.88 Å². The minimum atomic E-state index is 0.172. The summed E-state index contributed by atoms with van der Waals surface area (Å²) in [6, 6.07) is 1.97. The summed E-state index contributed by atoms with van der Waals surface area (Å²) in [5, 5.41) is 0. The van der Waals surface area contributed by atoms with Crippen LogP contribution < -0.4 is 4.90 Å². The van der Waals surface area contributed by atoms with E-state index in [0.717, 1.165) is 11.1 Å². The van der Waals surface area contributed by atoms with E-state index in [1.165, 1.54) is 0 Å². The summed E-state index contributed by atoms with van der Waals surface area (Å²) in [4.78, 5) is 24.4. The molecule has 0 aliphatic heterocycles. The van der Waals surface area contributed by atoms with E-state index in [9.17, 15) is 4.79 Å². The average Bonchev–Trinajstić information content (AvgIpc) is 2.90. The lowest BCUT2D eigenvalue weighted by atomic mass is 10.2. The SMILES string of the molecule is CC(=O)CCN(C)c1ncc(-c2cc[nH]c2)cn1. The maximum atomic E-state index is 10.9. The number of carbonyl (C=O) groups is 1. The Balaban J connectivity index is 2.05. The van der Waals surface area contributed by atoms with E-state index in [-0.39, 0.29) is 5.78 Å². The molecule has 2 aromatic rings. The largest absolute Gasteiger partial charge is 0.367 e. The van der Waals surface area contributed by atoms with Gasteiger partial charge in [-0.05, 0) is 13.0 Å². The third-order valence-corrected chi connectivity index (χ3v) is 2.71. The summed E-state index contributed by atoms with van der Waals surface area (Å²) in [5.41, 5.74) is 2.04. The fraction of sp³-hybridized carbons (Fsp3) is 0.308. The van der Waals surface area contributed by atoms with Crippen molar-refractivity contribution in [1.29, 1.82) is 0 Å². The first-order valence-corrected chi connectivity index (χ1v) is 5.82. The number of rotatable bonds is 5. The quantitative estimate of drug-likeness (QED) is 0.872. The molecule has 0 aliphatic rings. The molecule has 2 aromatic heterocycles. The van der Waals surface area contributed by atoms with Crippen LogP contribution in [0.2, 0.25) is 0 Å². The molecule has 0 saturated carbocycles. The predicted octanol–water partition coefficient (Wildman–Crippen LogP) is 1.89. The van der Waals surface area contributed by atoms with E-state index >= 15 is 0 Å². The molecule has 1 N–H and O–H groups in total.